The van der Waals surface area contributed by atoms with Crippen molar-refractivity contribution >= 4 is 11.7 Å². The molecule has 1 aromatic rings. The Morgan fingerprint density at radius 2 is 2.35 bits per heavy atom. The summed E-state index contributed by atoms with van der Waals surface area (Å²) in [6.07, 6.45) is 4.61. The lowest BCUT2D eigenvalue weighted by molar-refractivity contribution is -0.133. The van der Waals surface area contributed by atoms with Gasteiger partial charge in [-0.25, -0.2) is 4.98 Å². The Balaban J connectivity index is 2.09. The second-order valence-electron chi connectivity index (χ2n) is 4.31. The molecule has 4 nitrogen and oxygen atoms in total. The van der Waals surface area contributed by atoms with E-state index in [1.165, 1.54) is 0 Å². The van der Waals surface area contributed by atoms with Crippen LogP contribution >= 0.6 is 0 Å². The van der Waals surface area contributed by atoms with Crippen molar-refractivity contribution in [2.75, 3.05) is 18.4 Å². The third-order valence-electron chi connectivity index (χ3n) is 3.02. The summed E-state index contributed by atoms with van der Waals surface area (Å²) in [6.45, 7) is 4.44. The minimum Gasteiger partial charge on any atom is -0.370 e. The van der Waals surface area contributed by atoms with Crippen LogP contribution in [0.25, 0.3) is 0 Å². The van der Waals surface area contributed by atoms with E-state index in [1.807, 2.05) is 24.0 Å². The zero-order chi connectivity index (χ0) is 12.1. The van der Waals surface area contributed by atoms with Crippen LogP contribution in [0.4, 0.5) is 5.82 Å². The fourth-order valence-corrected chi connectivity index (χ4v) is 2.13. The molecule has 0 radical (unpaired) electrons. The highest BCUT2D eigenvalue weighted by Gasteiger charge is 2.19. The SMILES string of the molecule is CCNc1ncccc1CN1CCCCC1=O. The molecule has 1 aliphatic heterocycles. The van der Waals surface area contributed by atoms with Crippen molar-refractivity contribution in [2.24, 2.45) is 0 Å². The Bertz CT molecular complexity index is 392. The normalized spacial score (nSPS) is 16.1. The maximum absolute atomic E-state index is 11.8. The van der Waals surface area contributed by atoms with Gasteiger partial charge in [-0.1, -0.05) is 6.07 Å². The molecule has 0 saturated carbocycles. The minimum atomic E-state index is 0.266. The van der Waals surface area contributed by atoms with Crippen molar-refractivity contribution in [3.05, 3.63) is 23.9 Å². The fraction of sp³-hybridized carbons (Fsp3) is 0.538. The number of likely N-dealkylation sites (tertiary alicyclic amines) is 1. The summed E-state index contributed by atoms with van der Waals surface area (Å²) >= 11 is 0. The second-order valence-corrected chi connectivity index (χ2v) is 4.31. The maximum Gasteiger partial charge on any atom is 0.222 e. The Hall–Kier alpha value is -1.58. The van der Waals surface area contributed by atoms with Crippen LogP contribution in [-0.2, 0) is 11.3 Å². The van der Waals surface area contributed by atoms with Gasteiger partial charge in [-0.3, -0.25) is 4.79 Å². The van der Waals surface area contributed by atoms with Crippen molar-refractivity contribution in [1.29, 1.82) is 0 Å². The van der Waals surface area contributed by atoms with Crippen molar-refractivity contribution in [1.82, 2.24) is 9.88 Å². The molecule has 0 bridgehead atoms. The molecule has 1 saturated heterocycles. The molecule has 1 N–H and O–H groups in total. The first-order chi connectivity index (χ1) is 8.31. The van der Waals surface area contributed by atoms with Crippen LogP contribution < -0.4 is 5.32 Å². The summed E-state index contributed by atoms with van der Waals surface area (Å²) in [5.41, 5.74) is 1.10. The largest absolute Gasteiger partial charge is 0.370 e. The Kier molecular flexibility index (Phi) is 3.96. The zero-order valence-electron chi connectivity index (χ0n) is 10.3. The van der Waals surface area contributed by atoms with Crippen molar-refractivity contribution in [3.8, 4) is 0 Å². The smallest absolute Gasteiger partial charge is 0.222 e. The summed E-state index contributed by atoms with van der Waals surface area (Å²) in [4.78, 5) is 18.0. The van der Waals surface area contributed by atoms with Crippen LogP contribution in [0.5, 0.6) is 0 Å². The van der Waals surface area contributed by atoms with Gasteiger partial charge >= 0.3 is 0 Å². The van der Waals surface area contributed by atoms with E-state index in [-0.39, 0.29) is 5.91 Å². The van der Waals surface area contributed by atoms with Gasteiger partial charge < -0.3 is 10.2 Å². The van der Waals surface area contributed by atoms with Crippen LogP contribution in [0.1, 0.15) is 31.7 Å². The number of carbonyl (C=O) groups is 1. The van der Waals surface area contributed by atoms with Crippen molar-refractivity contribution in [2.45, 2.75) is 32.7 Å². The number of hydrogen-bond acceptors (Lipinski definition) is 3. The summed E-state index contributed by atoms with van der Waals surface area (Å²) in [7, 11) is 0. The molecule has 0 unspecified atom stereocenters. The minimum absolute atomic E-state index is 0.266. The molecule has 2 rings (SSSR count). The van der Waals surface area contributed by atoms with E-state index in [2.05, 4.69) is 10.3 Å². The number of rotatable bonds is 4. The van der Waals surface area contributed by atoms with Gasteiger partial charge in [-0.15, -0.1) is 0 Å². The number of aromatic nitrogens is 1. The van der Waals surface area contributed by atoms with E-state index in [9.17, 15) is 4.79 Å². The Morgan fingerprint density at radius 1 is 1.47 bits per heavy atom. The van der Waals surface area contributed by atoms with Crippen LogP contribution in [-0.4, -0.2) is 28.9 Å². The van der Waals surface area contributed by atoms with E-state index in [0.717, 1.165) is 37.3 Å². The lowest BCUT2D eigenvalue weighted by Crippen LogP contribution is -2.34. The first kappa shape index (κ1) is 11.9. The first-order valence-electron chi connectivity index (χ1n) is 6.27. The van der Waals surface area contributed by atoms with Gasteiger partial charge in [0.2, 0.25) is 5.91 Å². The van der Waals surface area contributed by atoms with Crippen LogP contribution in [0, 0.1) is 0 Å². The number of nitrogens with zero attached hydrogens (tertiary/aromatic N) is 2. The van der Waals surface area contributed by atoms with Crippen molar-refractivity contribution in [3.63, 3.8) is 0 Å². The highest BCUT2D eigenvalue weighted by Crippen LogP contribution is 2.18. The van der Waals surface area contributed by atoms with Crippen LogP contribution in [0.2, 0.25) is 0 Å². The van der Waals surface area contributed by atoms with Gasteiger partial charge in [0.05, 0.1) is 0 Å². The number of nitrogens with one attached hydrogen (secondary N) is 1. The molecular formula is C13H19N3O. The highest BCUT2D eigenvalue weighted by atomic mass is 16.2. The lowest BCUT2D eigenvalue weighted by atomic mass is 10.1. The molecule has 17 heavy (non-hydrogen) atoms. The number of hydrogen-bond donors (Lipinski definition) is 1. The van der Waals surface area contributed by atoms with E-state index in [4.69, 9.17) is 0 Å². The fourth-order valence-electron chi connectivity index (χ4n) is 2.13. The predicted molar refractivity (Wildman–Crippen MR) is 67.7 cm³/mol. The molecule has 4 heteroatoms. The molecule has 1 aromatic heterocycles. The number of piperidine rings is 1. The number of pyridine rings is 1. The van der Waals surface area contributed by atoms with Crippen LogP contribution in [0.3, 0.4) is 0 Å². The molecule has 0 atom stereocenters. The summed E-state index contributed by atoms with van der Waals surface area (Å²) < 4.78 is 0. The number of anilines is 1. The molecule has 0 spiro atoms. The molecule has 0 aliphatic carbocycles. The first-order valence-corrected chi connectivity index (χ1v) is 6.27. The summed E-state index contributed by atoms with van der Waals surface area (Å²) in [5, 5.41) is 3.23. The molecular weight excluding hydrogens is 214 g/mol. The molecule has 1 amide bonds. The van der Waals surface area contributed by atoms with Gasteiger partial charge in [0.15, 0.2) is 0 Å². The van der Waals surface area contributed by atoms with E-state index in [0.29, 0.717) is 13.0 Å². The molecule has 0 aromatic carbocycles. The predicted octanol–water partition coefficient (Wildman–Crippen LogP) is 2.03. The summed E-state index contributed by atoms with van der Waals surface area (Å²) in [5.74, 6) is 1.16. The molecule has 2 heterocycles. The molecule has 92 valence electrons. The Labute approximate surface area is 102 Å². The van der Waals surface area contributed by atoms with Gasteiger partial charge in [-0.2, -0.15) is 0 Å². The van der Waals surface area contributed by atoms with Gasteiger partial charge in [-0.05, 0) is 25.8 Å². The summed E-state index contributed by atoms with van der Waals surface area (Å²) in [6, 6.07) is 3.96. The highest BCUT2D eigenvalue weighted by molar-refractivity contribution is 5.77. The topological polar surface area (TPSA) is 45.2 Å². The quantitative estimate of drug-likeness (QED) is 0.865. The van der Waals surface area contributed by atoms with E-state index < -0.39 is 0 Å². The van der Waals surface area contributed by atoms with Gasteiger partial charge in [0.25, 0.3) is 0 Å². The lowest BCUT2D eigenvalue weighted by Gasteiger charge is -2.27. The Morgan fingerprint density at radius 3 is 3.12 bits per heavy atom. The average molecular weight is 233 g/mol. The van der Waals surface area contributed by atoms with E-state index >= 15 is 0 Å². The van der Waals surface area contributed by atoms with Crippen molar-refractivity contribution < 1.29 is 4.79 Å². The maximum atomic E-state index is 11.8. The van der Waals surface area contributed by atoms with Crippen LogP contribution in [0.15, 0.2) is 18.3 Å². The number of carbonyl (C=O) groups excluding carboxylic acids is 1. The second kappa shape index (κ2) is 5.66. The monoisotopic (exact) mass is 233 g/mol. The third-order valence-corrected chi connectivity index (χ3v) is 3.02. The van der Waals surface area contributed by atoms with Gasteiger partial charge in [0, 0.05) is 37.8 Å². The molecule has 1 fully saturated rings. The number of amides is 1. The average Bonchev–Trinajstić information content (AvgIpc) is 2.35. The zero-order valence-corrected chi connectivity index (χ0v) is 10.3. The standard InChI is InChI=1S/C13H19N3O/c1-2-14-13-11(6-5-8-15-13)10-16-9-4-3-7-12(16)17/h5-6,8H,2-4,7,9-10H2,1H3,(H,14,15). The van der Waals surface area contributed by atoms with E-state index in [1.54, 1.807) is 6.20 Å². The third kappa shape index (κ3) is 2.96. The van der Waals surface area contributed by atoms with Gasteiger partial charge in [0.1, 0.15) is 5.82 Å². The molecule has 1 aliphatic rings.